The number of halogens is 3. The largest absolute Gasteiger partial charge is 0.355 e. The number of hydrogen-bond donors (Lipinski definition) is 1. The van der Waals surface area contributed by atoms with Crippen LogP contribution in [0, 0.1) is 25.3 Å². The molecule has 0 atom stereocenters. The number of nitro groups is 1. The average Bonchev–Trinajstić information content (AvgIpc) is 2.33. The van der Waals surface area contributed by atoms with E-state index in [2.05, 4.69) is 5.32 Å². The molecule has 0 fully saturated rings. The summed E-state index contributed by atoms with van der Waals surface area (Å²) in [5, 5.41) is 13.5. The molecule has 0 saturated carbocycles. The number of benzene rings is 2. The van der Waals surface area contributed by atoms with Gasteiger partial charge in [0.25, 0.3) is 5.69 Å². The highest BCUT2D eigenvalue weighted by molar-refractivity contribution is 14.1. The topological polar surface area (TPSA) is 55.2 Å². The number of nitrogens with one attached hydrogen (secondary N) is 1. The van der Waals surface area contributed by atoms with Crippen molar-refractivity contribution in [2.75, 3.05) is 5.32 Å². The van der Waals surface area contributed by atoms with Gasteiger partial charge in [-0.05, 0) is 46.9 Å². The highest BCUT2D eigenvalue weighted by Crippen LogP contribution is 2.26. The van der Waals surface area contributed by atoms with Gasteiger partial charge in [-0.15, -0.1) is 0 Å². The summed E-state index contributed by atoms with van der Waals surface area (Å²) in [5.74, 6) is -1.88. The zero-order chi connectivity index (χ0) is 14.0. The van der Waals surface area contributed by atoms with E-state index in [0.717, 1.165) is 12.1 Å². The Morgan fingerprint density at radius 2 is 1.68 bits per heavy atom. The van der Waals surface area contributed by atoms with Crippen LogP contribution in [0.4, 0.5) is 25.8 Å². The molecule has 2 rings (SSSR count). The lowest BCUT2D eigenvalue weighted by Crippen LogP contribution is -1.95. The van der Waals surface area contributed by atoms with Crippen molar-refractivity contribution < 1.29 is 13.7 Å². The minimum Gasteiger partial charge on any atom is -0.355 e. The SMILES string of the molecule is O=[N+]([O-])c1ccc(Nc2ccc(F)c(F)c2)cc1I. The second kappa shape index (κ2) is 5.47. The molecule has 0 aliphatic heterocycles. The van der Waals surface area contributed by atoms with Crippen LogP contribution >= 0.6 is 22.6 Å². The third kappa shape index (κ3) is 3.16. The molecule has 0 unspecified atom stereocenters. The zero-order valence-corrected chi connectivity index (χ0v) is 11.5. The molecule has 0 amide bonds. The van der Waals surface area contributed by atoms with E-state index in [-0.39, 0.29) is 5.69 Å². The third-order valence-electron chi connectivity index (χ3n) is 2.35. The van der Waals surface area contributed by atoms with Crippen molar-refractivity contribution in [1.82, 2.24) is 0 Å². The second-order valence-corrected chi connectivity index (χ2v) is 4.84. The zero-order valence-electron chi connectivity index (χ0n) is 9.36. The van der Waals surface area contributed by atoms with Gasteiger partial charge in [0, 0.05) is 23.5 Å². The molecule has 2 aromatic rings. The van der Waals surface area contributed by atoms with Crippen molar-refractivity contribution in [3.05, 3.63) is 61.7 Å². The van der Waals surface area contributed by atoms with Crippen LogP contribution in [-0.4, -0.2) is 4.92 Å². The average molecular weight is 376 g/mol. The van der Waals surface area contributed by atoms with Crippen LogP contribution in [-0.2, 0) is 0 Å². The van der Waals surface area contributed by atoms with Crippen molar-refractivity contribution in [2.24, 2.45) is 0 Å². The molecule has 0 aliphatic carbocycles. The normalized spacial score (nSPS) is 10.3. The van der Waals surface area contributed by atoms with E-state index in [1.165, 1.54) is 18.2 Å². The van der Waals surface area contributed by atoms with E-state index in [1.54, 1.807) is 6.07 Å². The third-order valence-corrected chi connectivity index (χ3v) is 3.22. The fourth-order valence-corrected chi connectivity index (χ4v) is 2.19. The number of nitro benzene ring substituents is 1. The van der Waals surface area contributed by atoms with E-state index in [4.69, 9.17) is 0 Å². The van der Waals surface area contributed by atoms with E-state index < -0.39 is 16.6 Å². The second-order valence-electron chi connectivity index (χ2n) is 3.68. The summed E-state index contributed by atoms with van der Waals surface area (Å²) in [6.45, 7) is 0. The van der Waals surface area contributed by atoms with Gasteiger partial charge in [-0.3, -0.25) is 10.1 Å². The van der Waals surface area contributed by atoms with E-state index in [0.29, 0.717) is 14.9 Å². The minimum absolute atomic E-state index is 0.00330. The standard InChI is InChI=1S/C12H7F2IN2O2/c13-9-3-1-7(5-10(9)14)16-8-2-4-12(17(18)19)11(15)6-8/h1-6,16H. The summed E-state index contributed by atoms with van der Waals surface area (Å²) in [6, 6.07) is 7.82. The predicted molar refractivity (Wildman–Crippen MR) is 75.5 cm³/mol. The molecule has 0 saturated heterocycles. The van der Waals surface area contributed by atoms with E-state index in [1.807, 2.05) is 22.6 Å². The van der Waals surface area contributed by atoms with Crippen LogP contribution in [0.15, 0.2) is 36.4 Å². The monoisotopic (exact) mass is 376 g/mol. The molecular formula is C12H7F2IN2O2. The van der Waals surface area contributed by atoms with Crippen molar-refractivity contribution in [1.29, 1.82) is 0 Å². The van der Waals surface area contributed by atoms with Crippen LogP contribution in [0.25, 0.3) is 0 Å². The Kier molecular flexibility index (Phi) is 3.93. The van der Waals surface area contributed by atoms with Crippen LogP contribution in [0.2, 0.25) is 0 Å². The van der Waals surface area contributed by atoms with Gasteiger partial charge in [0.2, 0.25) is 0 Å². The maximum absolute atomic E-state index is 13.0. The highest BCUT2D eigenvalue weighted by Gasteiger charge is 2.11. The lowest BCUT2D eigenvalue weighted by atomic mass is 10.2. The Balaban J connectivity index is 2.26. The van der Waals surface area contributed by atoms with Gasteiger partial charge in [-0.1, -0.05) is 0 Å². The summed E-state index contributed by atoms with van der Waals surface area (Å²) in [5.41, 5.74) is 0.918. The predicted octanol–water partition coefficient (Wildman–Crippen LogP) is 4.22. The minimum atomic E-state index is -0.957. The van der Waals surface area contributed by atoms with Gasteiger partial charge in [0.15, 0.2) is 11.6 Å². The Morgan fingerprint density at radius 3 is 2.26 bits per heavy atom. The van der Waals surface area contributed by atoms with Crippen molar-refractivity contribution in [2.45, 2.75) is 0 Å². The van der Waals surface area contributed by atoms with Gasteiger partial charge < -0.3 is 5.32 Å². The first-order valence-electron chi connectivity index (χ1n) is 5.13. The molecular weight excluding hydrogens is 369 g/mol. The lowest BCUT2D eigenvalue weighted by Gasteiger charge is -2.07. The number of hydrogen-bond acceptors (Lipinski definition) is 3. The first-order valence-corrected chi connectivity index (χ1v) is 6.21. The first-order chi connectivity index (χ1) is 8.97. The quantitative estimate of drug-likeness (QED) is 0.496. The summed E-state index contributed by atoms with van der Waals surface area (Å²) >= 11 is 1.84. The molecule has 4 nitrogen and oxygen atoms in total. The molecule has 0 aliphatic rings. The van der Waals surface area contributed by atoms with Gasteiger partial charge >= 0.3 is 0 Å². The molecule has 0 heterocycles. The molecule has 2 aromatic carbocycles. The van der Waals surface area contributed by atoms with Crippen LogP contribution in [0.5, 0.6) is 0 Å². The molecule has 7 heteroatoms. The van der Waals surface area contributed by atoms with Gasteiger partial charge in [0.05, 0.1) is 8.49 Å². The number of anilines is 2. The molecule has 98 valence electrons. The van der Waals surface area contributed by atoms with E-state index in [9.17, 15) is 18.9 Å². The molecule has 19 heavy (non-hydrogen) atoms. The maximum atomic E-state index is 13.0. The molecule has 0 bridgehead atoms. The fourth-order valence-electron chi connectivity index (χ4n) is 1.47. The Morgan fingerprint density at radius 1 is 1.05 bits per heavy atom. The molecule has 0 radical (unpaired) electrons. The summed E-state index contributed by atoms with van der Waals surface area (Å²) in [4.78, 5) is 10.2. The summed E-state index contributed by atoms with van der Waals surface area (Å²) in [6.07, 6.45) is 0. The van der Waals surface area contributed by atoms with Crippen LogP contribution < -0.4 is 5.32 Å². The van der Waals surface area contributed by atoms with Crippen LogP contribution in [0.3, 0.4) is 0 Å². The lowest BCUT2D eigenvalue weighted by molar-refractivity contribution is -0.385. The first kappa shape index (κ1) is 13.7. The maximum Gasteiger partial charge on any atom is 0.282 e. The van der Waals surface area contributed by atoms with Crippen molar-refractivity contribution >= 4 is 39.7 Å². The van der Waals surface area contributed by atoms with Gasteiger partial charge in [0.1, 0.15) is 0 Å². The molecule has 1 N–H and O–H groups in total. The fraction of sp³-hybridized carbons (Fsp3) is 0. The number of nitrogens with zero attached hydrogens (tertiary/aromatic N) is 1. The molecule has 0 aromatic heterocycles. The van der Waals surface area contributed by atoms with Crippen LogP contribution in [0.1, 0.15) is 0 Å². The van der Waals surface area contributed by atoms with E-state index >= 15 is 0 Å². The van der Waals surface area contributed by atoms with Gasteiger partial charge in [-0.25, -0.2) is 8.78 Å². The Hall–Kier alpha value is -1.77. The Bertz CT molecular complexity index is 650. The smallest absolute Gasteiger partial charge is 0.282 e. The van der Waals surface area contributed by atoms with Crippen molar-refractivity contribution in [3.63, 3.8) is 0 Å². The number of rotatable bonds is 3. The Labute approximate surface area is 120 Å². The van der Waals surface area contributed by atoms with Crippen molar-refractivity contribution in [3.8, 4) is 0 Å². The summed E-state index contributed by atoms with van der Waals surface area (Å²) < 4.78 is 26.2. The summed E-state index contributed by atoms with van der Waals surface area (Å²) in [7, 11) is 0. The highest BCUT2D eigenvalue weighted by atomic mass is 127. The van der Waals surface area contributed by atoms with Gasteiger partial charge in [-0.2, -0.15) is 0 Å². The molecule has 0 spiro atoms.